The molecule has 1 aromatic carbocycles. The molecule has 96 valence electrons. The Hall–Kier alpha value is -2.40. The largest absolute Gasteiger partial charge is 0.481 e. The van der Waals surface area contributed by atoms with Crippen LogP contribution >= 0.6 is 0 Å². The second-order valence-electron chi connectivity index (χ2n) is 4.56. The van der Waals surface area contributed by atoms with Gasteiger partial charge in [0.05, 0.1) is 6.42 Å². The maximum absolute atomic E-state index is 10.7. The van der Waals surface area contributed by atoms with Gasteiger partial charge in [-0.3, -0.25) is 9.78 Å². The molecule has 0 bridgehead atoms. The molecular weight excluding hydrogens is 242 g/mol. The molecule has 5 nitrogen and oxygen atoms in total. The average molecular weight is 255 g/mol. The first kappa shape index (κ1) is 11.7. The zero-order chi connectivity index (χ0) is 13.4. The fourth-order valence-corrected chi connectivity index (χ4v) is 2.29. The lowest BCUT2D eigenvalue weighted by Gasteiger charge is -2.09. The predicted molar refractivity (Wildman–Crippen MR) is 72.8 cm³/mol. The summed E-state index contributed by atoms with van der Waals surface area (Å²) in [5, 5.41) is 10.8. The van der Waals surface area contributed by atoms with E-state index in [0.717, 1.165) is 27.4 Å². The molecule has 0 radical (unpaired) electrons. The molecule has 0 saturated carbocycles. The lowest BCUT2D eigenvalue weighted by Crippen LogP contribution is -2.14. The smallest absolute Gasteiger partial charge is 0.305 e. The first-order chi connectivity index (χ1) is 9.15. The molecule has 0 amide bonds. The van der Waals surface area contributed by atoms with E-state index in [1.807, 2.05) is 24.3 Å². The van der Waals surface area contributed by atoms with Crippen molar-refractivity contribution < 1.29 is 9.90 Å². The molecule has 4 N–H and O–H groups in total. The summed E-state index contributed by atoms with van der Waals surface area (Å²) in [6.45, 7) is 0. The minimum atomic E-state index is -0.895. The maximum atomic E-state index is 10.7. The Kier molecular flexibility index (Phi) is 2.68. The highest BCUT2D eigenvalue weighted by atomic mass is 16.4. The van der Waals surface area contributed by atoms with Crippen molar-refractivity contribution in [2.45, 2.75) is 12.5 Å². The third-order valence-electron chi connectivity index (χ3n) is 3.25. The molecule has 0 aliphatic rings. The number of benzene rings is 1. The number of rotatable bonds is 3. The second kappa shape index (κ2) is 4.37. The van der Waals surface area contributed by atoms with Gasteiger partial charge in [-0.1, -0.05) is 6.07 Å². The molecule has 3 aromatic rings. The molecule has 5 heteroatoms. The van der Waals surface area contributed by atoms with E-state index in [2.05, 4.69) is 9.97 Å². The van der Waals surface area contributed by atoms with Crippen LogP contribution in [0.5, 0.6) is 0 Å². The van der Waals surface area contributed by atoms with E-state index in [1.165, 1.54) is 0 Å². The number of carboxylic acids is 1. The van der Waals surface area contributed by atoms with Gasteiger partial charge in [-0.2, -0.15) is 0 Å². The number of aromatic amines is 1. The van der Waals surface area contributed by atoms with Crippen LogP contribution in [0.25, 0.3) is 21.8 Å². The summed E-state index contributed by atoms with van der Waals surface area (Å²) in [5.41, 5.74) is 8.72. The summed E-state index contributed by atoms with van der Waals surface area (Å²) in [6, 6.07) is 7.13. The van der Waals surface area contributed by atoms with Crippen LogP contribution in [0.3, 0.4) is 0 Å². The van der Waals surface area contributed by atoms with Crippen LogP contribution in [0, 0.1) is 0 Å². The summed E-state index contributed by atoms with van der Waals surface area (Å²) >= 11 is 0. The van der Waals surface area contributed by atoms with Crippen LogP contribution in [-0.4, -0.2) is 21.0 Å². The Balaban J connectivity index is 2.13. The quantitative estimate of drug-likeness (QED) is 0.669. The van der Waals surface area contributed by atoms with Crippen LogP contribution in [0.1, 0.15) is 18.0 Å². The van der Waals surface area contributed by atoms with E-state index in [4.69, 9.17) is 10.8 Å². The summed E-state index contributed by atoms with van der Waals surface area (Å²) < 4.78 is 0. The van der Waals surface area contributed by atoms with E-state index in [-0.39, 0.29) is 6.42 Å². The van der Waals surface area contributed by atoms with Gasteiger partial charge in [-0.25, -0.2) is 0 Å². The number of aliphatic carboxylic acids is 1. The van der Waals surface area contributed by atoms with Gasteiger partial charge in [0.2, 0.25) is 0 Å². The Morgan fingerprint density at radius 2 is 2.11 bits per heavy atom. The molecule has 2 heterocycles. The zero-order valence-corrected chi connectivity index (χ0v) is 10.1. The van der Waals surface area contributed by atoms with Crippen LogP contribution in [-0.2, 0) is 4.79 Å². The molecule has 0 aliphatic carbocycles. The topological polar surface area (TPSA) is 92.0 Å². The molecule has 19 heavy (non-hydrogen) atoms. The van der Waals surface area contributed by atoms with Gasteiger partial charge in [0.15, 0.2) is 0 Å². The number of hydrogen-bond donors (Lipinski definition) is 3. The SMILES string of the molecule is NC(CC(=O)O)c1ccc2[nH]c3ccncc3c2c1. The predicted octanol–water partition coefficient (Wildman–Crippen LogP) is 2.19. The number of H-pyrrole nitrogens is 1. The van der Waals surface area contributed by atoms with Gasteiger partial charge in [-0.15, -0.1) is 0 Å². The number of nitrogens with one attached hydrogen (secondary N) is 1. The van der Waals surface area contributed by atoms with Crippen molar-refractivity contribution in [1.82, 2.24) is 9.97 Å². The fraction of sp³-hybridized carbons (Fsp3) is 0.143. The number of hydrogen-bond acceptors (Lipinski definition) is 3. The highest BCUT2D eigenvalue weighted by Gasteiger charge is 2.12. The van der Waals surface area contributed by atoms with E-state index >= 15 is 0 Å². The van der Waals surface area contributed by atoms with E-state index in [1.54, 1.807) is 12.4 Å². The zero-order valence-electron chi connectivity index (χ0n) is 10.1. The number of carboxylic acid groups (broad SMARTS) is 1. The summed E-state index contributed by atoms with van der Waals surface area (Å²) in [7, 11) is 0. The molecular formula is C14H13N3O2. The number of nitrogens with two attached hydrogens (primary N) is 1. The maximum Gasteiger partial charge on any atom is 0.305 e. The van der Waals surface area contributed by atoms with Gasteiger partial charge in [0.25, 0.3) is 0 Å². The summed E-state index contributed by atoms with van der Waals surface area (Å²) in [4.78, 5) is 18.1. The number of pyridine rings is 1. The number of aromatic nitrogens is 2. The standard InChI is InChI=1S/C14H13N3O2/c15-11(6-14(18)19)8-1-2-12-9(5-8)10-7-16-4-3-13(10)17-12/h1-5,7,11,17H,6,15H2,(H,18,19). The van der Waals surface area contributed by atoms with Crippen LogP contribution in [0.15, 0.2) is 36.7 Å². The van der Waals surface area contributed by atoms with Crippen molar-refractivity contribution in [1.29, 1.82) is 0 Å². The lowest BCUT2D eigenvalue weighted by molar-refractivity contribution is -0.137. The van der Waals surface area contributed by atoms with Crippen LogP contribution in [0.2, 0.25) is 0 Å². The summed E-state index contributed by atoms with van der Waals surface area (Å²) in [5.74, 6) is -0.895. The van der Waals surface area contributed by atoms with Crippen molar-refractivity contribution >= 4 is 27.8 Å². The van der Waals surface area contributed by atoms with Gasteiger partial charge in [-0.05, 0) is 23.8 Å². The average Bonchev–Trinajstić information content (AvgIpc) is 2.75. The molecule has 0 saturated heterocycles. The Morgan fingerprint density at radius 3 is 2.89 bits per heavy atom. The van der Waals surface area contributed by atoms with Gasteiger partial charge in [0, 0.05) is 40.2 Å². The third-order valence-corrected chi connectivity index (χ3v) is 3.25. The number of nitrogens with zero attached hydrogens (tertiary/aromatic N) is 1. The van der Waals surface area contributed by atoms with E-state index in [9.17, 15) is 4.79 Å². The van der Waals surface area contributed by atoms with Crippen molar-refractivity contribution in [3.05, 3.63) is 42.2 Å². The van der Waals surface area contributed by atoms with Crippen molar-refractivity contribution in [2.75, 3.05) is 0 Å². The van der Waals surface area contributed by atoms with Crippen molar-refractivity contribution in [2.24, 2.45) is 5.73 Å². The number of carbonyl (C=O) groups is 1. The minimum Gasteiger partial charge on any atom is -0.481 e. The van der Waals surface area contributed by atoms with Gasteiger partial charge >= 0.3 is 5.97 Å². The molecule has 1 atom stereocenters. The second-order valence-corrected chi connectivity index (χ2v) is 4.56. The molecule has 3 rings (SSSR count). The Morgan fingerprint density at radius 1 is 1.32 bits per heavy atom. The highest BCUT2D eigenvalue weighted by Crippen LogP contribution is 2.27. The normalized spacial score (nSPS) is 12.9. The molecule has 2 aromatic heterocycles. The van der Waals surface area contributed by atoms with Crippen molar-refractivity contribution in [3.8, 4) is 0 Å². The third kappa shape index (κ3) is 2.04. The lowest BCUT2D eigenvalue weighted by atomic mass is 10.0. The van der Waals surface area contributed by atoms with Gasteiger partial charge in [0.1, 0.15) is 0 Å². The van der Waals surface area contributed by atoms with Crippen LogP contribution in [0.4, 0.5) is 0 Å². The molecule has 0 fully saturated rings. The molecule has 0 aliphatic heterocycles. The fourth-order valence-electron chi connectivity index (χ4n) is 2.29. The summed E-state index contributed by atoms with van der Waals surface area (Å²) in [6.07, 6.45) is 3.45. The van der Waals surface area contributed by atoms with Gasteiger partial charge < -0.3 is 15.8 Å². The first-order valence-corrected chi connectivity index (χ1v) is 5.98. The van der Waals surface area contributed by atoms with E-state index < -0.39 is 12.0 Å². The molecule has 0 spiro atoms. The van der Waals surface area contributed by atoms with Crippen molar-refractivity contribution in [3.63, 3.8) is 0 Å². The minimum absolute atomic E-state index is 0.0773. The number of fused-ring (bicyclic) bond motifs is 3. The Labute approximate surface area is 109 Å². The monoisotopic (exact) mass is 255 g/mol. The molecule has 1 unspecified atom stereocenters. The Bertz CT molecular complexity index is 764. The first-order valence-electron chi connectivity index (χ1n) is 5.98. The highest BCUT2D eigenvalue weighted by molar-refractivity contribution is 6.06. The van der Waals surface area contributed by atoms with E-state index in [0.29, 0.717) is 0 Å². The van der Waals surface area contributed by atoms with Crippen LogP contribution < -0.4 is 5.73 Å².